The number of aliphatic hydroxyl groups is 1. The maximum atomic E-state index is 12.5. The minimum absolute atomic E-state index is 0.0228. The fourth-order valence-electron chi connectivity index (χ4n) is 5.03. The molecule has 3 atom stereocenters. The van der Waals surface area contributed by atoms with E-state index in [1.807, 2.05) is 30.4 Å². The lowest BCUT2D eigenvalue weighted by molar-refractivity contribution is -0.161. The molecule has 0 aromatic carbocycles. The van der Waals surface area contributed by atoms with Crippen molar-refractivity contribution in [2.75, 3.05) is 26.4 Å². The van der Waals surface area contributed by atoms with Gasteiger partial charge in [-0.05, 0) is 89.9 Å². The standard InChI is InChI=1S/C47H76NO9P/c1-3-5-6-7-8-9-10-11-12-13-14-15-16-19-23-26-29-32-35-39-47(51)57-45(43-56-58(52,53)55-41-40-48)42-54-46(50)38-34-31-28-25-22-20-17-18-21-24-27-30-33-37-44(49)36-4-2/h8-9,11-12,14-15,17,19-21,23-25,28-30,32-33,44-45,49H,3-7,10,13,16,18,22,26-27,31,34-43,48H2,1-2H3,(H,52,53)/b9-8-,12-11-,15-14-,20-17-,23-19-,24-21-,28-25-,32-29-,33-30-/t44?,45-/m1/s1. The van der Waals surface area contributed by atoms with Crippen LogP contribution >= 0.6 is 7.82 Å². The molecular weight excluding hydrogens is 753 g/mol. The molecule has 0 aromatic heterocycles. The van der Waals surface area contributed by atoms with Crippen molar-refractivity contribution in [3.8, 4) is 0 Å². The molecule has 58 heavy (non-hydrogen) atoms. The van der Waals surface area contributed by atoms with Gasteiger partial charge in [-0.3, -0.25) is 18.6 Å². The van der Waals surface area contributed by atoms with E-state index in [-0.39, 0.29) is 38.7 Å². The summed E-state index contributed by atoms with van der Waals surface area (Å²) in [6.45, 7) is 3.31. The predicted octanol–water partition coefficient (Wildman–Crippen LogP) is 11.4. The number of phosphoric ester groups is 1. The fraction of sp³-hybridized carbons (Fsp3) is 0.574. The van der Waals surface area contributed by atoms with Gasteiger partial charge in [-0.25, -0.2) is 4.57 Å². The Labute approximate surface area is 351 Å². The number of phosphoric acid groups is 1. The second kappa shape index (κ2) is 41.8. The first-order chi connectivity index (χ1) is 28.2. The van der Waals surface area contributed by atoms with E-state index in [1.165, 1.54) is 25.7 Å². The van der Waals surface area contributed by atoms with E-state index in [0.717, 1.165) is 57.8 Å². The van der Waals surface area contributed by atoms with Gasteiger partial charge in [0, 0.05) is 19.4 Å². The monoisotopic (exact) mass is 830 g/mol. The van der Waals surface area contributed by atoms with Crippen LogP contribution in [0.2, 0.25) is 0 Å². The molecule has 0 spiro atoms. The smallest absolute Gasteiger partial charge is 0.462 e. The SMILES string of the molecule is CCCCC/C=C\C/C=C\C/C=C\C/C=C\C/C=C\CCC(=O)O[C@H](COC(=O)CCC/C=C\C/C=C\C/C=C\C/C=C\CC(O)CCC)COP(=O)(O)OCCN. The predicted molar refractivity (Wildman–Crippen MR) is 239 cm³/mol. The maximum absolute atomic E-state index is 12.5. The zero-order valence-corrected chi connectivity index (χ0v) is 36.5. The zero-order chi connectivity index (χ0) is 42.6. The van der Waals surface area contributed by atoms with Crippen LogP contribution in [0.1, 0.15) is 136 Å². The van der Waals surface area contributed by atoms with Gasteiger partial charge >= 0.3 is 19.8 Å². The molecule has 0 heterocycles. The lowest BCUT2D eigenvalue weighted by Crippen LogP contribution is -2.29. The molecule has 0 radical (unpaired) electrons. The molecule has 0 aromatic rings. The van der Waals surface area contributed by atoms with Crippen molar-refractivity contribution in [2.45, 2.75) is 148 Å². The number of nitrogens with two attached hydrogens (primary N) is 1. The summed E-state index contributed by atoms with van der Waals surface area (Å²) in [5, 5.41) is 9.72. The quantitative estimate of drug-likeness (QED) is 0.0237. The minimum Gasteiger partial charge on any atom is -0.462 e. The molecule has 0 rings (SSSR count). The lowest BCUT2D eigenvalue weighted by Gasteiger charge is -2.19. The molecule has 10 nitrogen and oxygen atoms in total. The minimum atomic E-state index is -4.43. The van der Waals surface area contributed by atoms with E-state index >= 15 is 0 Å². The zero-order valence-electron chi connectivity index (χ0n) is 35.6. The van der Waals surface area contributed by atoms with E-state index in [0.29, 0.717) is 25.7 Å². The van der Waals surface area contributed by atoms with E-state index < -0.39 is 32.5 Å². The highest BCUT2D eigenvalue weighted by atomic mass is 31.2. The number of allylic oxidation sites excluding steroid dienone is 17. The summed E-state index contributed by atoms with van der Waals surface area (Å²) >= 11 is 0. The maximum Gasteiger partial charge on any atom is 0.472 e. The average molecular weight is 830 g/mol. The Morgan fingerprint density at radius 2 is 1.07 bits per heavy atom. The highest BCUT2D eigenvalue weighted by Crippen LogP contribution is 2.43. The molecule has 0 saturated heterocycles. The van der Waals surface area contributed by atoms with Crippen LogP contribution in [0.15, 0.2) is 109 Å². The van der Waals surface area contributed by atoms with Crippen LogP contribution in [0.5, 0.6) is 0 Å². The van der Waals surface area contributed by atoms with Crippen LogP contribution in [0, 0.1) is 0 Å². The van der Waals surface area contributed by atoms with Gasteiger partial charge in [0.2, 0.25) is 0 Å². The lowest BCUT2D eigenvalue weighted by atomic mass is 10.1. The van der Waals surface area contributed by atoms with E-state index in [1.54, 1.807) is 0 Å². The van der Waals surface area contributed by atoms with E-state index in [2.05, 4.69) is 92.8 Å². The third kappa shape index (κ3) is 40.8. The van der Waals surface area contributed by atoms with Gasteiger partial charge in [0.25, 0.3) is 0 Å². The van der Waals surface area contributed by atoms with Gasteiger partial charge in [-0.1, -0.05) is 142 Å². The van der Waals surface area contributed by atoms with Crippen LogP contribution in [0.25, 0.3) is 0 Å². The van der Waals surface area contributed by atoms with Crippen LogP contribution in [0.3, 0.4) is 0 Å². The van der Waals surface area contributed by atoms with Gasteiger partial charge < -0.3 is 25.2 Å². The van der Waals surface area contributed by atoms with Gasteiger partial charge in [0.1, 0.15) is 6.61 Å². The molecule has 0 bridgehead atoms. The van der Waals surface area contributed by atoms with Crippen molar-refractivity contribution < 1.29 is 42.7 Å². The Morgan fingerprint density at radius 3 is 1.57 bits per heavy atom. The Morgan fingerprint density at radius 1 is 0.586 bits per heavy atom. The molecule has 0 saturated carbocycles. The number of hydrogen-bond donors (Lipinski definition) is 3. The van der Waals surface area contributed by atoms with E-state index in [9.17, 15) is 24.2 Å². The molecule has 4 N–H and O–H groups in total. The summed E-state index contributed by atoms with van der Waals surface area (Å²) in [5.74, 6) is -1.02. The van der Waals surface area contributed by atoms with Crippen LogP contribution in [0.4, 0.5) is 0 Å². The molecule has 0 aliphatic carbocycles. The Bertz CT molecular complexity index is 1330. The van der Waals surface area contributed by atoms with Crippen molar-refractivity contribution in [1.29, 1.82) is 0 Å². The first-order valence-electron chi connectivity index (χ1n) is 21.4. The van der Waals surface area contributed by atoms with Gasteiger partial charge in [0.15, 0.2) is 6.10 Å². The molecule has 0 aliphatic heterocycles. The normalized spacial score (nSPS) is 14.9. The highest BCUT2D eigenvalue weighted by molar-refractivity contribution is 7.47. The van der Waals surface area contributed by atoms with Gasteiger partial charge in [-0.2, -0.15) is 0 Å². The average Bonchev–Trinajstić information content (AvgIpc) is 3.20. The van der Waals surface area contributed by atoms with E-state index in [4.69, 9.17) is 24.3 Å². The summed E-state index contributed by atoms with van der Waals surface area (Å²) in [7, 11) is -4.43. The first-order valence-corrected chi connectivity index (χ1v) is 22.9. The Balaban J connectivity index is 4.43. The molecule has 0 aliphatic rings. The summed E-state index contributed by atoms with van der Waals surface area (Å²) in [4.78, 5) is 34.8. The second-order valence-electron chi connectivity index (χ2n) is 13.7. The van der Waals surface area contributed by atoms with Crippen molar-refractivity contribution in [3.05, 3.63) is 109 Å². The van der Waals surface area contributed by atoms with Crippen LogP contribution in [-0.4, -0.2) is 60.5 Å². The number of aliphatic hydroxyl groups excluding tert-OH is 1. The van der Waals surface area contributed by atoms with Crippen LogP contribution < -0.4 is 5.73 Å². The summed E-state index contributed by atoms with van der Waals surface area (Å²) < 4.78 is 32.6. The number of ether oxygens (including phenoxy) is 2. The molecule has 0 amide bonds. The Hall–Kier alpha value is -3.37. The number of rotatable bonds is 38. The summed E-state index contributed by atoms with van der Waals surface area (Å²) in [6.07, 6.45) is 52.0. The molecule has 2 unspecified atom stereocenters. The number of unbranched alkanes of at least 4 members (excludes halogenated alkanes) is 4. The van der Waals surface area contributed by atoms with Crippen LogP contribution in [-0.2, 0) is 32.7 Å². The molecule has 11 heteroatoms. The summed E-state index contributed by atoms with van der Waals surface area (Å²) in [5.41, 5.74) is 5.33. The molecule has 328 valence electrons. The molecular formula is C47H76NO9P. The topological polar surface area (TPSA) is 155 Å². The van der Waals surface area contributed by atoms with Gasteiger partial charge in [0.05, 0.1) is 19.3 Å². The highest BCUT2D eigenvalue weighted by Gasteiger charge is 2.25. The fourth-order valence-corrected chi connectivity index (χ4v) is 5.80. The first kappa shape index (κ1) is 54.6. The number of esters is 2. The van der Waals surface area contributed by atoms with Crippen molar-refractivity contribution in [1.82, 2.24) is 0 Å². The molecule has 0 fully saturated rings. The van der Waals surface area contributed by atoms with Gasteiger partial charge in [-0.15, -0.1) is 0 Å². The number of carbonyl (C=O) groups excluding carboxylic acids is 2. The third-order valence-corrected chi connectivity index (χ3v) is 9.18. The second-order valence-corrected chi connectivity index (χ2v) is 15.1. The summed E-state index contributed by atoms with van der Waals surface area (Å²) in [6, 6.07) is 0. The largest absolute Gasteiger partial charge is 0.472 e. The number of hydrogen-bond acceptors (Lipinski definition) is 9. The third-order valence-electron chi connectivity index (χ3n) is 8.20. The Kier molecular flexibility index (Phi) is 39.4. The number of carbonyl (C=O) groups is 2. The van der Waals surface area contributed by atoms with Crippen molar-refractivity contribution in [2.24, 2.45) is 5.73 Å². The van der Waals surface area contributed by atoms with Crippen molar-refractivity contribution >= 4 is 19.8 Å². The van der Waals surface area contributed by atoms with Crippen molar-refractivity contribution in [3.63, 3.8) is 0 Å².